The number of aryl methyl sites for hydroxylation is 3. The maximum Gasteiger partial charge on any atom is 0.277 e. The molecule has 2 aromatic carbocycles. The van der Waals surface area contributed by atoms with Crippen molar-refractivity contribution in [3.8, 4) is 22.8 Å². The van der Waals surface area contributed by atoms with E-state index in [4.69, 9.17) is 8.94 Å². The van der Waals surface area contributed by atoms with E-state index in [2.05, 4.69) is 34.2 Å². The van der Waals surface area contributed by atoms with Crippen LogP contribution in [0.15, 0.2) is 56.6 Å². The molecule has 2 heterocycles. The molecule has 27 heavy (non-hydrogen) atoms. The maximum absolute atomic E-state index is 5.75. The SMILES string of the molecule is Cc1ccc(-c2nnc(SCc3nc(-c4ccccc4C)no3)o2)cc1C. The van der Waals surface area contributed by atoms with Gasteiger partial charge in [0.1, 0.15) is 0 Å². The lowest BCUT2D eigenvalue weighted by Crippen LogP contribution is -1.85. The van der Waals surface area contributed by atoms with E-state index in [1.807, 2.05) is 49.4 Å². The molecule has 4 aromatic rings. The van der Waals surface area contributed by atoms with Gasteiger partial charge in [-0.2, -0.15) is 4.98 Å². The number of thioether (sulfide) groups is 1. The molecule has 0 N–H and O–H groups in total. The Morgan fingerprint density at radius 2 is 1.78 bits per heavy atom. The van der Waals surface area contributed by atoms with Crippen LogP contribution in [-0.2, 0) is 5.75 Å². The van der Waals surface area contributed by atoms with Crippen molar-refractivity contribution in [2.45, 2.75) is 31.7 Å². The van der Waals surface area contributed by atoms with Crippen molar-refractivity contribution in [2.24, 2.45) is 0 Å². The minimum Gasteiger partial charge on any atom is -0.411 e. The zero-order valence-corrected chi connectivity index (χ0v) is 16.1. The molecule has 7 heteroatoms. The number of hydrogen-bond acceptors (Lipinski definition) is 7. The van der Waals surface area contributed by atoms with Crippen molar-refractivity contribution >= 4 is 11.8 Å². The van der Waals surface area contributed by atoms with Crippen molar-refractivity contribution < 1.29 is 8.94 Å². The Morgan fingerprint density at radius 3 is 2.59 bits per heavy atom. The molecule has 0 bridgehead atoms. The zero-order chi connectivity index (χ0) is 18.8. The summed E-state index contributed by atoms with van der Waals surface area (Å²) in [6, 6.07) is 14.0. The van der Waals surface area contributed by atoms with Crippen molar-refractivity contribution in [1.29, 1.82) is 0 Å². The van der Waals surface area contributed by atoms with Gasteiger partial charge in [-0.15, -0.1) is 10.2 Å². The highest BCUT2D eigenvalue weighted by Gasteiger charge is 2.14. The van der Waals surface area contributed by atoms with Gasteiger partial charge < -0.3 is 8.94 Å². The quantitative estimate of drug-likeness (QED) is 0.452. The molecule has 0 radical (unpaired) electrons. The molecule has 6 nitrogen and oxygen atoms in total. The first-order valence-electron chi connectivity index (χ1n) is 8.52. The van der Waals surface area contributed by atoms with E-state index in [0.29, 0.717) is 28.6 Å². The summed E-state index contributed by atoms with van der Waals surface area (Å²) in [7, 11) is 0. The van der Waals surface area contributed by atoms with E-state index in [9.17, 15) is 0 Å². The van der Waals surface area contributed by atoms with Crippen molar-refractivity contribution in [1.82, 2.24) is 20.3 Å². The summed E-state index contributed by atoms with van der Waals surface area (Å²) in [5.41, 5.74) is 5.40. The summed E-state index contributed by atoms with van der Waals surface area (Å²) >= 11 is 1.37. The zero-order valence-electron chi connectivity index (χ0n) is 15.3. The van der Waals surface area contributed by atoms with Gasteiger partial charge in [-0.1, -0.05) is 47.3 Å². The number of hydrogen-bond donors (Lipinski definition) is 0. The smallest absolute Gasteiger partial charge is 0.277 e. The molecule has 0 aliphatic carbocycles. The summed E-state index contributed by atoms with van der Waals surface area (Å²) in [6.45, 7) is 6.16. The molecule has 0 aliphatic heterocycles. The first-order chi connectivity index (χ1) is 13.1. The van der Waals surface area contributed by atoms with Gasteiger partial charge in [0.05, 0.1) is 5.75 Å². The Balaban J connectivity index is 1.45. The molecule has 0 fully saturated rings. The van der Waals surface area contributed by atoms with Gasteiger partial charge in [0, 0.05) is 11.1 Å². The second kappa shape index (κ2) is 7.36. The molecule has 4 rings (SSSR count). The van der Waals surface area contributed by atoms with Crippen LogP contribution in [-0.4, -0.2) is 20.3 Å². The largest absolute Gasteiger partial charge is 0.411 e. The average Bonchev–Trinajstić information content (AvgIpc) is 3.32. The highest BCUT2D eigenvalue weighted by Crippen LogP contribution is 2.27. The Morgan fingerprint density at radius 1 is 0.926 bits per heavy atom. The van der Waals surface area contributed by atoms with Crippen LogP contribution in [0.4, 0.5) is 0 Å². The third kappa shape index (κ3) is 3.78. The molecule has 0 spiro atoms. The fourth-order valence-electron chi connectivity index (χ4n) is 2.63. The van der Waals surface area contributed by atoms with Crippen LogP contribution in [0.3, 0.4) is 0 Å². The highest BCUT2D eigenvalue weighted by molar-refractivity contribution is 7.98. The Bertz CT molecular complexity index is 1090. The predicted octanol–water partition coefficient (Wildman–Crippen LogP) is 5.00. The summed E-state index contributed by atoms with van der Waals surface area (Å²) in [5.74, 6) is 2.08. The van der Waals surface area contributed by atoms with E-state index in [1.165, 1.54) is 22.9 Å². The first kappa shape index (κ1) is 17.5. The van der Waals surface area contributed by atoms with Crippen LogP contribution >= 0.6 is 11.8 Å². The van der Waals surface area contributed by atoms with Gasteiger partial charge in [-0.3, -0.25) is 0 Å². The van der Waals surface area contributed by atoms with Gasteiger partial charge >= 0.3 is 0 Å². The van der Waals surface area contributed by atoms with Crippen molar-refractivity contribution in [3.05, 3.63) is 65.0 Å². The van der Waals surface area contributed by atoms with Gasteiger partial charge in [-0.25, -0.2) is 0 Å². The monoisotopic (exact) mass is 378 g/mol. The van der Waals surface area contributed by atoms with E-state index in [1.54, 1.807) is 0 Å². The second-order valence-electron chi connectivity index (χ2n) is 6.29. The summed E-state index contributed by atoms with van der Waals surface area (Å²) in [6.07, 6.45) is 0. The molecule has 0 amide bonds. The standard InChI is InChI=1S/C20H18N4O2S/c1-12-8-9-15(10-14(12)3)19-22-23-20(25-19)27-11-17-21-18(24-26-17)16-7-5-4-6-13(16)2/h4-10H,11H2,1-3H3. The molecule has 0 saturated carbocycles. The van der Waals surface area contributed by atoms with Gasteiger partial charge in [-0.05, 0) is 49.6 Å². The molecular weight excluding hydrogens is 360 g/mol. The van der Waals surface area contributed by atoms with Crippen molar-refractivity contribution in [3.63, 3.8) is 0 Å². The number of rotatable bonds is 5. The van der Waals surface area contributed by atoms with Gasteiger partial charge in [0.2, 0.25) is 17.6 Å². The minimum atomic E-state index is 0.466. The topological polar surface area (TPSA) is 77.8 Å². The average molecular weight is 378 g/mol. The van der Waals surface area contributed by atoms with Gasteiger partial charge in [0.25, 0.3) is 5.22 Å². The minimum absolute atomic E-state index is 0.466. The number of nitrogens with zero attached hydrogens (tertiary/aromatic N) is 4. The summed E-state index contributed by atoms with van der Waals surface area (Å²) < 4.78 is 11.1. The van der Waals surface area contributed by atoms with Gasteiger partial charge in [0.15, 0.2) is 0 Å². The fraction of sp³-hybridized carbons (Fsp3) is 0.200. The molecule has 0 unspecified atom stereocenters. The highest BCUT2D eigenvalue weighted by atomic mass is 32.2. The van der Waals surface area contributed by atoms with Crippen LogP contribution in [0, 0.1) is 20.8 Å². The Hall–Kier alpha value is -2.93. The van der Waals surface area contributed by atoms with Crippen LogP contribution < -0.4 is 0 Å². The molecule has 2 aromatic heterocycles. The summed E-state index contributed by atoms with van der Waals surface area (Å²) in [5, 5.41) is 12.8. The van der Waals surface area contributed by atoms with E-state index >= 15 is 0 Å². The Labute approximate surface area is 161 Å². The molecule has 0 atom stereocenters. The lowest BCUT2D eigenvalue weighted by atomic mass is 10.1. The molecule has 0 saturated heterocycles. The maximum atomic E-state index is 5.75. The molecule has 136 valence electrons. The van der Waals surface area contributed by atoms with E-state index in [-0.39, 0.29) is 0 Å². The van der Waals surface area contributed by atoms with Crippen LogP contribution in [0.5, 0.6) is 0 Å². The van der Waals surface area contributed by atoms with Crippen LogP contribution in [0.2, 0.25) is 0 Å². The number of aromatic nitrogens is 4. The van der Waals surface area contributed by atoms with E-state index < -0.39 is 0 Å². The fourth-order valence-corrected chi connectivity index (χ4v) is 3.23. The van der Waals surface area contributed by atoms with E-state index in [0.717, 1.165) is 16.7 Å². The third-order valence-corrected chi connectivity index (χ3v) is 5.14. The lowest BCUT2D eigenvalue weighted by molar-refractivity contribution is 0.391. The van der Waals surface area contributed by atoms with Crippen LogP contribution in [0.25, 0.3) is 22.8 Å². The predicted molar refractivity (Wildman–Crippen MR) is 103 cm³/mol. The normalized spacial score (nSPS) is 11.1. The molecule has 0 aliphatic rings. The molecular formula is C20H18N4O2S. The first-order valence-corrected chi connectivity index (χ1v) is 9.51. The summed E-state index contributed by atoms with van der Waals surface area (Å²) in [4.78, 5) is 4.45. The van der Waals surface area contributed by atoms with Crippen molar-refractivity contribution in [2.75, 3.05) is 0 Å². The Kier molecular flexibility index (Phi) is 4.77. The third-order valence-electron chi connectivity index (χ3n) is 4.33. The van der Waals surface area contributed by atoms with Crippen LogP contribution in [0.1, 0.15) is 22.6 Å². The second-order valence-corrected chi connectivity index (χ2v) is 7.21. The number of benzene rings is 2. The lowest BCUT2D eigenvalue weighted by Gasteiger charge is -2.00.